The predicted molar refractivity (Wildman–Crippen MR) is 108 cm³/mol. The second kappa shape index (κ2) is 8.68. The zero-order chi connectivity index (χ0) is 17.6. The van der Waals surface area contributed by atoms with Crippen LogP contribution in [0.1, 0.15) is 42.7 Å². The van der Waals surface area contributed by atoms with Gasteiger partial charge in [-0.1, -0.05) is 61.9 Å². The van der Waals surface area contributed by atoms with E-state index in [4.69, 9.17) is 0 Å². The summed E-state index contributed by atoms with van der Waals surface area (Å²) in [5.74, 6) is 1.93. The van der Waals surface area contributed by atoms with Crippen LogP contribution in [0.4, 0.5) is 0 Å². The first-order valence-corrected chi connectivity index (χ1v) is 10.8. The fourth-order valence-electron chi connectivity index (χ4n) is 2.86. The Morgan fingerprint density at radius 2 is 2.00 bits per heavy atom. The first-order chi connectivity index (χ1) is 12.2. The SMILES string of the molecule is CCCc1cc(-c2nnc(SCc3cccc(C)c3)n2CCC)cs1. The summed E-state index contributed by atoms with van der Waals surface area (Å²) in [6.45, 7) is 7.52. The number of thioether (sulfide) groups is 1. The highest BCUT2D eigenvalue weighted by Crippen LogP contribution is 2.30. The normalized spacial score (nSPS) is 11.2. The summed E-state index contributed by atoms with van der Waals surface area (Å²) < 4.78 is 2.28. The van der Waals surface area contributed by atoms with E-state index >= 15 is 0 Å². The van der Waals surface area contributed by atoms with E-state index in [1.165, 1.54) is 28.0 Å². The number of rotatable bonds is 8. The van der Waals surface area contributed by atoms with Crippen molar-refractivity contribution in [3.05, 3.63) is 51.7 Å². The van der Waals surface area contributed by atoms with Crippen LogP contribution in [0, 0.1) is 6.92 Å². The Balaban J connectivity index is 1.81. The van der Waals surface area contributed by atoms with E-state index < -0.39 is 0 Å². The lowest BCUT2D eigenvalue weighted by atomic mass is 10.2. The zero-order valence-electron chi connectivity index (χ0n) is 15.2. The van der Waals surface area contributed by atoms with Gasteiger partial charge in [-0.25, -0.2) is 0 Å². The van der Waals surface area contributed by atoms with Crippen molar-refractivity contribution in [2.75, 3.05) is 0 Å². The van der Waals surface area contributed by atoms with E-state index in [2.05, 4.69) is 71.2 Å². The van der Waals surface area contributed by atoms with Crippen LogP contribution in [-0.2, 0) is 18.7 Å². The minimum absolute atomic E-state index is 0.925. The standard InChI is InChI=1S/C20H25N3S2/c1-4-7-18-12-17(14-24-18)19-21-22-20(23(19)10-5-2)25-13-16-9-6-8-15(3)11-16/h6,8-9,11-12,14H,4-5,7,10,13H2,1-3H3. The molecule has 0 amide bonds. The maximum Gasteiger partial charge on any atom is 0.191 e. The molecule has 2 heterocycles. The molecule has 0 atom stereocenters. The molecule has 1 aromatic carbocycles. The molecule has 3 aromatic rings. The molecule has 0 aliphatic carbocycles. The Kier molecular flexibility index (Phi) is 6.32. The van der Waals surface area contributed by atoms with Crippen LogP contribution in [0.3, 0.4) is 0 Å². The highest BCUT2D eigenvalue weighted by molar-refractivity contribution is 7.98. The molecule has 132 valence electrons. The van der Waals surface area contributed by atoms with Gasteiger partial charge in [0, 0.05) is 28.1 Å². The van der Waals surface area contributed by atoms with Crippen LogP contribution in [0.25, 0.3) is 11.4 Å². The zero-order valence-corrected chi connectivity index (χ0v) is 16.8. The molecule has 0 spiro atoms. The van der Waals surface area contributed by atoms with Crippen molar-refractivity contribution < 1.29 is 0 Å². The summed E-state index contributed by atoms with van der Waals surface area (Å²) in [6.07, 6.45) is 3.40. The second-order valence-electron chi connectivity index (χ2n) is 6.29. The number of aromatic nitrogens is 3. The Morgan fingerprint density at radius 3 is 2.76 bits per heavy atom. The van der Waals surface area contributed by atoms with Crippen molar-refractivity contribution >= 4 is 23.1 Å². The fraction of sp³-hybridized carbons (Fsp3) is 0.400. The molecule has 0 bridgehead atoms. The molecule has 0 aliphatic rings. The lowest BCUT2D eigenvalue weighted by molar-refractivity contribution is 0.626. The molecule has 0 unspecified atom stereocenters. The molecule has 2 aromatic heterocycles. The molecule has 0 fully saturated rings. The van der Waals surface area contributed by atoms with Crippen molar-refractivity contribution in [3.63, 3.8) is 0 Å². The van der Waals surface area contributed by atoms with Gasteiger partial charge in [-0.3, -0.25) is 0 Å². The molecule has 3 rings (SSSR count). The summed E-state index contributed by atoms with van der Waals surface area (Å²) in [6, 6.07) is 10.9. The lowest BCUT2D eigenvalue weighted by Crippen LogP contribution is -2.01. The number of hydrogen-bond acceptors (Lipinski definition) is 4. The van der Waals surface area contributed by atoms with Gasteiger partial charge in [-0.05, 0) is 31.4 Å². The molecular formula is C20H25N3S2. The topological polar surface area (TPSA) is 30.7 Å². The maximum atomic E-state index is 4.51. The van der Waals surface area contributed by atoms with Crippen molar-refractivity contribution in [1.29, 1.82) is 0 Å². The molecule has 0 radical (unpaired) electrons. The summed E-state index contributed by atoms with van der Waals surface area (Å²) in [7, 11) is 0. The number of aryl methyl sites for hydroxylation is 2. The monoisotopic (exact) mass is 371 g/mol. The fourth-order valence-corrected chi connectivity index (χ4v) is 4.74. The Labute approximate surface area is 158 Å². The summed E-state index contributed by atoms with van der Waals surface area (Å²) in [4.78, 5) is 1.43. The van der Waals surface area contributed by atoms with Crippen molar-refractivity contribution in [3.8, 4) is 11.4 Å². The van der Waals surface area contributed by atoms with Gasteiger partial charge in [0.15, 0.2) is 11.0 Å². The van der Waals surface area contributed by atoms with E-state index in [1.54, 1.807) is 11.8 Å². The van der Waals surface area contributed by atoms with E-state index in [0.29, 0.717) is 0 Å². The first kappa shape index (κ1) is 18.2. The molecule has 25 heavy (non-hydrogen) atoms. The highest BCUT2D eigenvalue weighted by Gasteiger charge is 2.15. The van der Waals surface area contributed by atoms with E-state index in [0.717, 1.165) is 36.1 Å². The van der Waals surface area contributed by atoms with Gasteiger partial charge in [0.2, 0.25) is 0 Å². The Bertz CT molecular complexity index is 820. The summed E-state index contributed by atoms with van der Waals surface area (Å²) in [5, 5.41) is 12.2. The van der Waals surface area contributed by atoms with E-state index in [9.17, 15) is 0 Å². The molecule has 0 saturated heterocycles. The quantitative estimate of drug-likeness (QED) is 0.457. The molecule has 3 nitrogen and oxygen atoms in total. The van der Waals surface area contributed by atoms with Crippen LogP contribution in [-0.4, -0.2) is 14.8 Å². The molecular weight excluding hydrogens is 346 g/mol. The van der Waals surface area contributed by atoms with Crippen LogP contribution in [0.2, 0.25) is 0 Å². The number of nitrogens with zero attached hydrogens (tertiary/aromatic N) is 3. The van der Waals surface area contributed by atoms with Crippen LogP contribution in [0.5, 0.6) is 0 Å². The Morgan fingerprint density at radius 1 is 1.12 bits per heavy atom. The minimum Gasteiger partial charge on any atom is -0.302 e. The minimum atomic E-state index is 0.925. The van der Waals surface area contributed by atoms with Gasteiger partial charge < -0.3 is 4.57 Å². The average Bonchev–Trinajstić information content (AvgIpc) is 3.21. The van der Waals surface area contributed by atoms with Gasteiger partial charge >= 0.3 is 0 Å². The summed E-state index contributed by atoms with van der Waals surface area (Å²) in [5.41, 5.74) is 3.84. The number of thiophene rings is 1. The molecule has 0 N–H and O–H groups in total. The molecule has 0 saturated carbocycles. The predicted octanol–water partition coefficient (Wildman–Crippen LogP) is 5.97. The highest BCUT2D eigenvalue weighted by atomic mass is 32.2. The van der Waals surface area contributed by atoms with Gasteiger partial charge in [-0.15, -0.1) is 21.5 Å². The van der Waals surface area contributed by atoms with Crippen molar-refractivity contribution in [2.45, 2.75) is 57.5 Å². The Hall–Kier alpha value is -1.59. The third kappa shape index (κ3) is 4.53. The van der Waals surface area contributed by atoms with Crippen LogP contribution in [0.15, 0.2) is 40.9 Å². The van der Waals surface area contributed by atoms with Crippen molar-refractivity contribution in [2.24, 2.45) is 0 Å². The van der Waals surface area contributed by atoms with Gasteiger partial charge in [0.05, 0.1) is 0 Å². The van der Waals surface area contributed by atoms with Crippen LogP contribution < -0.4 is 0 Å². The van der Waals surface area contributed by atoms with Crippen LogP contribution >= 0.6 is 23.1 Å². The maximum absolute atomic E-state index is 4.51. The first-order valence-electron chi connectivity index (χ1n) is 8.90. The molecule has 5 heteroatoms. The van der Waals surface area contributed by atoms with E-state index in [-0.39, 0.29) is 0 Å². The number of hydrogen-bond donors (Lipinski definition) is 0. The van der Waals surface area contributed by atoms with E-state index in [1.807, 2.05) is 11.3 Å². The number of benzene rings is 1. The largest absolute Gasteiger partial charge is 0.302 e. The van der Waals surface area contributed by atoms with Crippen molar-refractivity contribution in [1.82, 2.24) is 14.8 Å². The third-order valence-corrected chi connectivity index (χ3v) is 6.06. The smallest absolute Gasteiger partial charge is 0.191 e. The summed E-state index contributed by atoms with van der Waals surface area (Å²) >= 11 is 3.60. The van der Waals surface area contributed by atoms with Gasteiger partial charge in [-0.2, -0.15) is 0 Å². The van der Waals surface area contributed by atoms with Gasteiger partial charge in [0.1, 0.15) is 0 Å². The average molecular weight is 372 g/mol. The molecule has 0 aliphatic heterocycles. The second-order valence-corrected chi connectivity index (χ2v) is 8.23. The lowest BCUT2D eigenvalue weighted by Gasteiger charge is -2.08. The third-order valence-electron chi connectivity index (χ3n) is 4.02. The van der Waals surface area contributed by atoms with Gasteiger partial charge in [0.25, 0.3) is 0 Å².